The molecule has 0 aliphatic carbocycles. The van der Waals surface area contributed by atoms with E-state index in [-0.39, 0.29) is 5.56 Å². The summed E-state index contributed by atoms with van der Waals surface area (Å²) in [5.74, 6) is 0.0762. The molecule has 20 heavy (non-hydrogen) atoms. The molecule has 0 aliphatic heterocycles. The molecule has 2 aromatic rings. The molecule has 0 atom stereocenters. The first-order valence-electron chi connectivity index (χ1n) is 5.92. The number of methoxy groups -OCH3 is 2. The summed E-state index contributed by atoms with van der Waals surface area (Å²) in [5.41, 5.74) is 8.25. The molecular formula is C15H15NO4. The Morgan fingerprint density at radius 1 is 1.00 bits per heavy atom. The molecule has 5 heteroatoms. The van der Waals surface area contributed by atoms with Gasteiger partial charge in [-0.25, -0.2) is 4.79 Å². The highest BCUT2D eigenvalue weighted by atomic mass is 16.5. The molecule has 0 saturated carbocycles. The van der Waals surface area contributed by atoms with E-state index in [1.807, 2.05) is 0 Å². The van der Waals surface area contributed by atoms with Crippen molar-refractivity contribution in [2.75, 3.05) is 20.0 Å². The van der Waals surface area contributed by atoms with Crippen LogP contribution >= 0.6 is 0 Å². The fraction of sp³-hybridized carbons (Fsp3) is 0.133. The average molecular weight is 273 g/mol. The zero-order valence-corrected chi connectivity index (χ0v) is 11.2. The second-order valence-electron chi connectivity index (χ2n) is 4.18. The van der Waals surface area contributed by atoms with Gasteiger partial charge < -0.3 is 20.3 Å². The smallest absolute Gasteiger partial charge is 0.335 e. The third-order valence-corrected chi connectivity index (χ3v) is 3.01. The molecular weight excluding hydrogens is 258 g/mol. The van der Waals surface area contributed by atoms with E-state index in [0.29, 0.717) is 17.2 Å². The van der Waals surface area contributed by atoms with Gasteiger partial charge in [-0.15, -0.1) is 0 Å². The molecule has 0 amide bonds. The van der Waals surface area contributed by atoms with Crippen LogP contribution < -0.4 is 15.2 Å². The second-order valence-corrected chi connectivity index (χ2v) is 4.18. The number of carboxylic acids is 1. The number of nitrogens with two attached hydrogens (primary N) is 1. The van der Waals surface area contributed by atoms with Gasteiger partial charge in [0.1, 0.15) is 17.2 Å². The minimum absolute atomic E-state index is 0.239. The number of anilines is 1. The lowest BCUT2D eigenvalue weighted by Gasteiger charge is -2.12. The molecule has 2 rings (SSSR count). The summed E-state index contributed by atoms with van der Waals surface area (Å²) in [5, 5.41) is 8.89. The molecule has 0 bridgehead atoms. The third kappa shape index (κ3) is 2.51. The molecule has 0 fully saturated rings. The van der Waals surface area contributed by atoms with Crippen LogP contribution in [0.2, 0.25) is 0 Å². The van der Waals surface area contributed by atoms with Crippen molar-refractivity contribution in [1.82, 2.24) is 0 Å². The van der Waals surface area contributed by atoms with Crippen LogP contribution in [0.3, 0.4) is 0 Å². The Balaban J connectivity index is 2.49. The van der Waals surface area contributed by atoms with E-state index in [1.165, 1.54) is 14.2 Å². The predicted octanol–water partition coefficient (Wildman–Crippen LogP) is 2.65. The fourth-order valence-corrected chi connectivity index (χ4v) is 1.91. The Bertz CT molecular complexity index is 610. The van der Waals surface area contributed by atoms with Gasteiger partial charge in [-0.05, 0) is 35.4 Å². The number of benzene rings is 2. The first kappa shape index (κ1) is 13.7. The third-order valence-electron chi connectivity index (χ3n) is 3.01. The van der Waals surface area contributed by atoms with E-state index >= 15 is 0 Å². The van der Waals surface area contributed by atoms with Gasteiger partial charge in [-0.1, -0.05) is 12.1 Å². The first-order valence-corrected chi connectivity index (χ1v) is 5.92. The van der Waals surface area contributed by atoms with Crippen LogP contribution in [0.25, 0.3) is 11.1 Å². The maximum Gasteiger partial charge on any atom is 0.335 e. The Hall–Kier alpha value is -2.69. The zero-order valence-electron chi connectivity index (χ0n) is 11.2. The second kappa shape index (κ2) is 5.52. The maximum absolute atomic E-state index is 10.8. The Morgan fingerprint density at radius 3 is 1.90 bits per heavy atom. The number of nitrogen functional groups attached to an aromatic ring is 1. The van der Waals surface area contributed by atoms with Crippen molar-refractivity contribution in [1.29, 1.82) is 0 Å². The number of ether oxygens (including phenoxy) is 2. The average Bonchev–Trinajstić information content (AvgIpc) is 2.47. The molecule has 0 spiro atoms. The highest BCUT2D eigenvalue weighted by Crippen LogP contribution is 2.37. The van der Waals surface area contributed by atoms with Gasteiger partial charge >= 0.3 is 5.97 Å². The molecule has 0 radical (unpaired) electrons. The Labute approximate surface area is 116 Å². The number of carboxylic acid groups (broad SMARTS) is 1. The molecule has 0 heterocycles. The number of aromatic carboxylic acids is 1. The first-order chi connectivity index (χ1) is 9.56. The van der Waals surface area contributed by atoms with Crippen molar-refractivity contribution in [2.45, 2.75) is 0 Å². The number of carbonyl (C=O) groups is 1. The van der Waals surface area contributed by atoms with Gasteiger partial charge in [0.25, 0.3) is 0 Å². The molecule has 0 saturated heterocycles. The molecule has 2 aromatic carbocycles. The molecule has 5 nitrogen and oxygen atoms in total. The summed E-state index contributed by atoms with van der Waals surface area (Å²) in [4.78, 5) is 10.8. The Morgan fingerprint density at radius 2 is 1.50 bits per heavy atom. The van der Waals surface area contributed by atoms with Gasteiger partial charge in [0.2, 0.25) is 0 Å². The lowest BCUT2D eigenvalue weighted by atomic mass is 10.0. The summed E-state index contributed by atoms with van der Waals surface area (Å²) in [6, 6.07) is 10.1. The van der Waals surface area contributed by atoms with Gasteiger partial charge in [0.15, 0.2) is 0 Å². The highest BCUT2D eigenvalue weighted by molar-refractivity contribution is 5.88. The van der Waals surface area contributed by atoms with Crippen LogP contribution in [-0.2, 0) is 0 Å². The van der Waals surface area contributed by atoms with Gasteiger partial charge in [-0.3, -0.25) is 0 Å². The molecule has 0 aliphatic rings. The zero-order chi connectivity index (χ0) is 14.7. The normalized spacial score (nSPS) is 10.1. The SMILES string of the molecule is COc1cc(-c2ccc(C(=O)O)cc2)cc(OC)c1N. The molecule has 0 aromatic heterocycles. The van der Waals surface area contributed by atoms with Crippen LogP contribution in [0, 0.1) is 0 Å². The van der Waals surface area contributed by atoms with E-state index in [0.717, 1.165) is 11.1 Å². The van der Waals surface area contributed by atoms with E-state index in [9.17, 15) is 4.79 Å². The maximum atomic E-state index is 10.8. The standard InChI is InChI=1S/C15H15NO4/c1-19-12-7-11(8-13(20-2)14(12)16)9-3-5-10(6-4-9)15(17)18/h3-8H,16H2,1-2H3,(H,17,18). The minimum atomic E-state index is -0.955. The largest absolute Gasteiger partial charge is 0.494 e. The van der Waals surface area contributed by atoms with Crippen LogP contribution in [0.15, 0.2) is 36.4 Å². The summed E-state index contributed by atoms with van der Waals surface area (Å²) in [6.45, 7) is 0. The molecule has 0 unspecified atom stereocenters. The topological polar surface area (TPSA) is 81.8 Å². The minimum Gasteiger partial charge on any atom is -0.494 e. The molecule has 3 N–H and O–H groups in total. The van der Waals surface area contributed by atoms with Crippen LogP contribution in [-0.4, -0.2) is 25.3 Å². The van der Waals surface area contributed by atoms with E-state index in [4.69, 9.17) is 20.3 Å². The molecule has 104 valence electrons. The highest BCUT2D eigenvalue weighted by Gasteiger charge is 2.11. The van der Waals surface area contributed by atoms with Crippen molar-refractivity contribution < 1.29 is 19.4 Å². The van der Waals surface area contributed by atoms with Crippen molar-refractivity contribution in [3.63, 3.8) is 0 Å². The van der Waals surface area contributed by atoms with Crippen molar-refractivity contribution in [2.24, 2.45) is 0 Å². The lowest BCUT2D eigenvalue weighted by molar-refractivity contribution is 0.0697. The van der Waals surface area contributed by atoms with Crippen molar-refractivity contribution in [3.05, 3.63) is 42.0 Å². The fourth-order valence-electron chi connectivity index (χ4n) is 1.91. The van der Waals surface area contributed by atoms with Crippen molar-refractivity contribution in [3.8, 4) is 22.6 Å². The lowest BCUT2D eigenvalue weighted by Crippen LogP contribution is -1.98. The van der Waals surface area contributed by atoms with Gasteiger partial charge in [0, 0.05) is 0 Å². The van der Waals surface area contributed by atoms with E-state index in [1.54, 1.807) is 36.4 Å². The number of hydrogen-bond donors (Lipinski definition) is 2. The van der Waals surface area contributed by atoms with Crippen LogP contribution in [0.1, 0.15) is 10.4 Å². The monoisotopic (exact) mass is 273 g/mol. The summed E-state index contributed by atoms with van der Waals surface area (Å²) >= 11 is 0. The summed E-state index contributed by atoms with van der Waals surface area (Å²) in [7, 11) is 3.06. The van der Waals surface area contributed by atoms with Crippen LogP contribution in [0.4, 0.5) is 5.69 Å². The van der Waals surface area contributed by atoms with Gasteiger partial charge in [-0.2, -0.15) is 0 Å². The summed E-state index contributed by atoms with van der Waals surface area (Å²) in [6.07, 6.45) is 0. The number of rotatable bonds is 4. The summed E-state index contributed by atoms with van der Waals surface area (Å²) < 4.78 is 10.4. The van der Waals surface area contributed by atoms with Gasteiger partial charge in [0.05, 0.1) is 19.8 Å². The van der Waals surface area contributed by atoms with E-state index < -0.39 is 5.97 Å². The van der Waals surface area contributed by atoms with E-state index in [2.05, 4.69) is 0 Å². The van der Waals surface area contributed by atoms with Crippen LogP contribution in [0.5, 0.6) is 11.5 Å². The number of hydrogen-bond acceptors (Lipinski definition) is 4. The quantitative estimate of drug-likeness (QED) is 0.837. The predicted molar refractivity (Wildman–Crippen MR) is 76.4 cm³/mol. The van der Waals surface area contributed by atoms with Crippen molar-refractivity contribution >= 4 is 11.7 Å². The Kier molecular flexibility index (Phi) is 3.79.